The molecule has 1 aliphatic rings. The van der Waals surface area contributed by atoms with E-state index in [1.807, 2.05) is 19.1 Å². The number of aromatic nitrogens is 4. The van der Waals surface area contributed by atoms with E-state index in [4.69, 9.17) is 0 Å². The number of benzene rings is 1. The molecule has 3 rings (SSSR count). The fraction of sp³-hybridized carbons (Fsp3) is 0.562. The van der Waals surface area contributed by atoms with Gasteiger partial charge in [0.15, 0.2) is 5.82 Å². The Hall–Kier alpha value is -1.91. The Kier molecular flexibility index (Phi) is 3.66. The molecule has 1 saturated carbocycles. The predicted molar refractivity (Wildman–Crippen MR) is 83.6 cm³/mol. The molecule has 0 amide bonds. The standard InChI is InChI=1S/C16H23N5/c1-12-18-19-20-21(12)15-8-4-6-13(10-15)17-14-7-5-9-16(2,3)11-14/h4,6,8,10,14,17H,5,7,9,11H2,1-3H3. The van der Waals surface area contributed by atoms with Gasteiger partial charge in [0, 0.05) is 11.7 Å². The molecule has 112 valence electrons. The van der Waals surface area contributed by atoms with Gasteiger partial charge in [-0.1, -0.05) is 26.3 Å². The number of anilines is 1. The fourth-order valence-electron chi connectivity index (χ4n) is 3.25. The van der Waals surface area contributed by atoms with Crippen LogP contribution in [-0.2, 0) is 0 Å². The monoisotopic (exact) mass is 285 g/mol. The fourth-order valence-corrected chi connectivity index (χ4v) is 3.25. The Morgan fingerprint density at radius 3 is 2.90 bits per heavy atom. The molecule has 21 heavy (non-hydrogen) atoms. The zero-order valence-electron chi connectivity index (χ0n) is 13.0. The van der Waals surface area contributed by atoms with Crippen molar-refractivity contribution < 1.29 is 0 Å². The molecular weight excluding hydrogens is 262 g/mol. The first-order valence-electron chi connectivity index (χ1n) is 7.65. The van der Waals surface area contributed by atoms with E-state index >= 15 is 0 Å². The Labute approximate surface area is 125 Å². The van der Waals surface area contributed by atoms with Crippen LogP contribution in [-0.4, -0.2) is 26.2 Å². The second-order valence-corrected chi connectivity index (χ2v) is 6.79. The maximum Gasteiger partial charge on any atom is 0.153 e. The molecule has 1 N–H and O–H groups in total. The summed E-state index contributed by atoms with van der Waals surface area (Å²) in [6, 6.07) is 8.86. The topological polar surface area (TPSA) is 55.6 Å². The Bertz CT molecular complexity index is 617. The van der Waals surface area contributed by atoms with E-state index in [2.05, 4.69) is 46.8 Å². The summed E-state index contributed by atoms with van der Waals surface area (Å²) < 4.78 is 1.76. The molecule has 5 heteroatoms. The molecule has 1 unspecified atom stereocenters. The first kappa shape index (κ1) is 14.0. The van der Waals surface area contributed by atoms with Gasteiger partial charge in [-0.25, -0.2) is 0 Å². The summed E-state index contributed by atoms with van der Waals surface area (Å²) in [5.74, 6) is 0.797. The van der Waals surface area contributed by atoms with Crippen LogP contribution in [0, 0.1) is 12.3 Å². The van der Waals surface area contributed by atoms with E-state index in [9.17, 15) is 0 Å². The minimum atomic E-state index is 0.444. The molecule has 0 aliphatic heterocycles. The number of hydrogen-bond donors (Lipinski definition) is 1. The second-order valence-electron chi connectivity index (χ2n) is 6.79. The van der Waals surface area contributed by atoms with Crippen LogP contribution in [0.4, 0.5) is 5.69 Å². The van der Waals surface area contributed by atoms with Crippen molar-refractivity contribution in [2.45, 2.75) is 52.5 Å². The lowest BCUT2D eigenvalue weighted by Gasteiger charge is -2.36. The lowest BCUT2D eigenvalue weighted by atomic mass is 9.75. The maximum atomic E-state index is 4.02. The highest BCUT2D eigenvalue weighted by molar-refractivity contribution is 5.51. The van der Waals surface area contributed by atoms with Crippen LogP contribution in [0.15, 0.2) is 24.3 Å². The molecule has 1 aromatic heterocycles. The van der Waals surface area contributed by atoms with Crippen molar-refractivity contribution in [3.05, 3.63) is 30.1 Å². The van der Waals surface area contributed by atoms with Crippen LogP contribution in [0.1, 0.15) is 45.4 Å². The van der Waals surface area contributed by atoms with Crippen LogP contribution < -0.4 is 5.32 Å². The van der Waals surface area contributed by atoms with Gasteiger partial charge in [-0.2, -0.15) is 4.68 Å². The third-order valence-electron chi connectivity index (χ3n) is 4.29. The zero-order valence-corrected chi connectivity index (χ0v) is 13.0. The van der Waals surface area contributed by atoms with Gasteiger partial charge in [0.05, 0.1) is 5.69 Å². The van der Waals surface area contributed by atoms with E-state index < -0.39 is 0 Å². The van der Waals surface area contributed by atoms with Crippen LogP contribution in [0.5, 0.6) is 0 Å². The van der Waals surface area contributed by atoms with Gasteiger partial charge in [0.25, 0.3) is 0 Å². The van der Waals surface area contributed by atoms with Crippen molar-refractivity contribution in [2.24, 2.45) is 5.41 Å². The average Bonchev–Trinajstić information content (AvgIpc) is 2.84. The summed E-state index contributed by atoms with van der Waals surface area (Å²) >= 11 is 0. The number of tetrazole rings is 1. The molecule has 1 aliphatic carbocycles. The second kappa shape index (κ2) is 5.47. The highest BCUT2D eigenvalue weighted by Crippen LogP contribution is 2.36. The number of aryl methyl sites for hydroxylation is 1. The van der Waals surface area contributed by atoms with Crippen LogP contribution in [0.25, 0.3) is 5.69 Å². The van der Waals surface area contributed by atoms with E-state index in [1.165, 1.54) is 25.7 Å². The van der Waals surface area contributed by atoms with Gasteiger partial charge < -0.3 is 5.32 Å². The third kappa shape index (κ3) is 3.23. The maximum absolute atomic E-state index is 4.02. The minimum absolute atomic E-state index is 0.444. The summed E-state index contributed by atoms with van der Waals surface area (Å²) in [7, 11) is 0. The first-order chi connectivity index (χ1) is 10.0. The molecule has 0 saturated heterocycles. The van der Waals surface area contributed by atoms with Crippen molar-refractivity contribution in [3.63, 3.8) is 0 Å². The van der Waals surface area contributed by atoms with E-state index in [0.717, 1.165) is 17.2 Å². The first-order valence-corrected chi connectivity index (χ1v) is 7.65. The number of hydrogen-bond acceptors (Lipinski definition) is 4. The van der Waals surface area contributed by atoms with Crippen molar-refractivity contribution in [3.8, 4) is 5.69 Å². The number of nitrogens with one attached hydrogen (secondary N) is 1. The lowest BCUT2D eigenvalue weighted by molar-refractivity contribution is 0.229. The predicted octanol–water partition coefficient (Wildman–Crippen LogP) is 3.35. The van der Waals surface area contributed by atoms with Gasteiger partial charge >= 0.3 is 0 Å². The van der Waals surface area contributed by atoms with Crippen molar-refractivity contribution in [1.82, 2.24) is 20.2 Å². The molecule has 1 fully saturated rings. The summed E-state index contributed by atoms with van der Waals surface area (Å²) in [6.45, 7) is 6.63. The van der Waals surface area contributed by atoms with Crippen molar-refractivity contribution in [2.75, 3.05) is 5.32 Å². The molecule has 1 heterocycles. The molecule has 0 bridgehead atoms. The number of nitrogens with zero attached hydrogens (tertiary/aromatic N) is 4. The highest BCUT2D eigenvalue weighted by Gasteiger charge is 2.27. The third-order valence-corrected chi connectivity index (χ3v) is 4.29. The lowest BCUT2D eigenvalue weighted by Crippen LogP contribution is -2.31. The van der Waals surface area contributed by atoms with Crippen LogP contribution in [0.3, 0.4) is 0 Å². The molecule has 2 aromatic rings. The quantitative estimate of drug-likeness (QED) is 0.939. The van der Waals surface area contributed by atoms with Crippen LogP contribution in [0.2, 0.25) is 0 Å². The van der Waals surface area contributed by atoms with Crippen molar-refractivity contribution >= 4 is 5.69 Å². The van der Waals surface area contributed by atoms with Gasteiger partial charge in [-0.15, -0.1) is 5.10 Å². The Balaban J connectivity index is 1.76. The molecular formula is C16H23N5. The summed E-state index contributed by atoms with van der Waals surface area (Å²) in [4.78, 5) is 0. The summed E-state index contributed by atoms with van der Waals surface area (Å²) in [6.07, 6.45) is 5.10. The highest BCUT2D eigenvalue weighted by atomic mass is 15.5. The summed E-state index contributed by atoms with van der Waals surface area (Å²) in [5.41, 5.74) is 2.59. The Morgan fingerprint density at radius 2 is 2.19 bits per heavy atom. The normalized spacial score (nSPS) is 21.2. The van der Waals surface area contributed by atoms with Crippen molar-refractivity contribution in [1.29, 1.82) is 0 Å². The molecule has 0 spiro atoms. The Morgan fingerprint density at radius 1 is 1.33 bits per heavy atom. The number of rotatable bonds is 3. The molecule has 5 nitrogen and oxygen atoms in total. The zero-order chi connectivity index (χ0) is 14.9. The average molecular weight is 285 g/mol. The van der Waals surface area contributed by atoms with Gasteiger partial charge in [0.2, 0.25) is 0 Å². The van der Waals surface area contributed by atoms with Gasteiger partial charge in [0.1, 0.15) is 0 Å². The summed E-state index contributed by atoms with van der Waals surface area (Å²) in [5, 5.41) is 15.3. The minimum Gasteiger partial charge on any atom is -0.382 e. The van der Waals surface area contributed by atoms with Gasteiger partial charge in [-0.05, 0) is 60.2 Å². The smallest absolute Gasteiger partial charge is 0.153 e. The molecule has 1 aromatic carbocycles. The van der Waals surface area contributed by atoms with E-state index in [0.29, 0.717) is 11.5 Å². The van der Waals surface area contributed by atoms with E-state index in [1.54, 1.807) is 4.68 Å². The molecule has 0 radical (unpaired) electrons. The molecule has 1 atom stereocenters. The largest absolute Gasteiger partial charge is 0.382 e. The van der Waals surface area contributed by atoms with E-state index in [-0.39, 0.29) is 0 Å². The SMILES string of the molecule is Cc1nnnn1-c1cccc(NC2CCCC(C)(C)C2)c1. The van der Waals surface area contributed by atoms with Crippen LogP contribution >= 0.6 is 0 Å². The van der Waals surface area contributed by atoms with Gasteiger partial charge in [-0.3, -0.25) is 0 Å².